The lowest BCUT2D eigenvalue weighted by molar-refractivity contribution is 0.151. The second-order valence-corrected chi connectivity index (χ2v) is 12.3. The van der Waals surface area contributed by atoms with Gasteiger partial charge in [0.05, 0.1) is 11.5 Å². The molecule has 0 radical (unpaired) electrons. The zero-order chi connectivity index (χ0) is 22.4. The lowest BCUT2D eigenvalue weighted by Crippen LogP contribution is -2.39. The van der Waals surface area contributed by atoms with Crippen LogP contribution in [-0.4, -0.2) is 21.3 Å². The topological polar surface area (TPSA) is 27.7 Å². The van der Waals surface area contributed by atoms with Gasteiger partial charge in [0.2, 0.25) is 0 Å². The van der Waals surface area contributed by atoms with Crippen molar-refractivity contribution in [2.24, 2.45) is 0 Å². The van der Waals surface area contributed by atoms with Gasteiger partial charge in [0.1, 0.15) is 0 Å². The molecule has 162 valence electrons. The normalized spacial score (nSPS) is 14.4. The second kappa shape index (κ2) is 8.23. The molecule has 0 amide bonds. The molecule has 1 aliphatic heterocycles. The molecule has 0 saturated carbocycles. The largest absolute Gasteiger partial charge is 1.10 e. The molecule has 30 heavy (non-hydrogen) atoms. The van der Waals surface area contributed by atoms with E-state index in [-0.39, 0.29) is 16.9 Å². The van der Waals surface area contributed by atoms with E-state index >= 15 is 0 Å². The van der Waals surface area contributed by atoms with Gasteiger partial charge in [0, 0.05) is 12.5 Å². The minimum atomic E-state index is -2.46. The maximum Gasteiger partial charge on any atom is 1.10 e. The SMILES string of the molecule is Cc1cc2c(c(C(C)(C)C)c1)[O][Al]([O]C(C)C)[O]c1c(cc(C)cc1C(C)(C)C)C2. The van der Waals surface area contributed by atoms with Crippen molar-refractivity contribution < 1.29 is 11.4 Å². The van der Waals surface area contributed by atoms with Gasteiger partial charge in [0.25, 0.3) is 0 Å². The Labute approximate surface area is 188 Å². The first-order chi connectivity index (χ1) is 13.8. The second-order valence-electron chi connectivity index (χ2n) is 11.0. The van der Waals surface area contributed by atoms with E-state index < -0.39 is 15.1 Å². The third-order valence-electron chi connectivity index (χ3n) is 5.43. The molecule has 3 rings (SSSR count). The van der Waals surface area contributed by atoms with Gasteiger partial charge in [-0.15, -0.1) is 0 Å². The Kier molecular flexibility index (Phi) is 6.36. The third-order valence-corrected chi connectivity index (χ3v) is 7.05. The molecular weight excluding hydrogens is 387 g/mol. The Morgan fingerprint density at radius 1 is 0.767 bits per heavy atom. The van der Waals surface area contributed by atoms with Crippen LogP contribution in [0.1, 0.15) is 88.8 Å². The summed E-state index contributed by atoms with van der Waals surface area (Å²) in [5.74, 6) is 1.91. The van der Waals surface area contributed by atoms with Crippen molar-refractivity contribution in [1.82, 2.24) is 0 Å². The maximum absolute atomic E-state index is 6.61. The standard InChI is InChI=1S/C23H32O2.C3H7O.Al/c1-14-9-16(20(24)18(11-14)22(3,4)5)13-17-10-15(2)12-19(21(17)25)23(6,7)8;1-3(2)4;/h9-12,24-25H,13H2,1-8H3;3H,1-2H3;/q;-1;+3/p-2. The average molecular weight is 425 g/mol. The molecule has 0 aliphatic carbocycles. The van der Waals surface area contributed by atoms with E-state index in [1.807, 2.05) is 13.8 Å². The average Bonchev–Trinajstić information content (AvgIpc) is 2.54. The van der Waals surface area contributed by atoms with Crippen LogP contribution in [0.5, 0.6) is 11.5 Å². The van der Waals surface area contributed by atoms with Gasteiger partial charge in [0.15, 0.2) is 0 Å². The molecule has 0 bridgehead atoms. The van der Waals surface area contributed by atoms with Crippen LogP contribution in [0.2, 0.25) is 0 Å². The third kappa shape index (κ3) is 5.05. The van der Waals surface area contributed by atoms with Crippen LogP contribution in [-0.2, 0) is 21.0 Å². The van der Waals surface area contributed by atoms with Crippen molar-refractivity contribution in [3.8, 4) is 11.5 Å². The number of aryl methyl sites for hydroxylation is 2. The molecule has 1 heterocycles. The zero-order valence-electron chi connectivity index (χ0n) is 20.4. The summed E-state index contributed by atoms with van der Waals surface area (Å²) < 4.78 is 19.4. The number of rotatable bonds is 2. The van der Waals surface area contributed by atoms with Gasteiger partial charge in [-0.1, -0.05) is 76.9 Å². The van der Waals surface area contributed by atoms with E-state index in [0.29, 0.717) is 0 Å². The Balaban J connectivity index is 2.28. The lowest BCUT2D eigenvalue weighted by atomic mass is 9.81. The fraction of sp³-hybridized carbons (Fsp3) is 0.538. The zero-order valence-corrected chi connectivity index (χ0v) is 21.6. The predicted molar refractivity (Wildman–Crippen MR) is 126 cm³/mol. The number of benzene rings is 2. The smallest absolute Gasteiger partial charge is 0.588 e. The minimum Gasteiger partial charge on any atom is -0.588 e. The highest BCUT2D eigenvalue weighted by atomic mass is 27.3. The minimum absolute atomic E-state index is 0.0297. The van der Waals surface area contributed by atoms with Gasteiger partial charge >= 0.3 is 15.1 Å². The first kappa shape index (κ1) is 23.2. The van der Waals surface area contributed by atoms with Gasteiger partial charge in [-0.05, 0) is 60.8 Å². The number of fused-ring (bicyclic) bond motifs is 2. The van der Waals surface area contributed by atoms with Crippen molar-refractivity contribution in [1.29, 1.82) is 0 Å². The molecular formula is C26H37AlO3. The van der Waals surface area contributed by atoms with Crippen molar-refractivity contribution in [2.75, 3.05) is 0 Å². The van der Waals surface area contributed by atoms with E-state index in [0.717, 1.165) is 17.9 Å². The fourth-order valence-electron chi connectivity index (χ4n) is 4.05. The molecule has 0 N–H and O–H groups in total. The van der Waals surface area contributed by atoms with Crippen molar-refractivity contribution in [3.05, 3.63) is 57.6 Å². The Bertz CT molecular complexity index is 861. The summed E-state index contributed by atoms with van der Waals surface area (Å²) in [5.41, 5.74) is 7.35. The van der Waals surface area contributed by atoms with Crippen LogP contribution >= 0.6 is 0 Å². The summed E-state index contributed by atoms with van der Waals surface area (Å²) in [6, 6.07) is 9.03. The first-order valence-electron chi connectivity index (χ1n) is 11.0. The molecule has 0 atom stereocenters. The van der Waals surface area contributed by atoms with Crippen molar-refractivity contribution >= 4 is 15.1 Å². The highest BCUT2D eigenvalue weighted by Gasteiger charge is 2.45. The molecule has 2 aromatic rings. The maximum atomic E-state index is 6.61. The summed E-state index contributed by atoms with van der Waals surface area (Å²) in [5, 5.41) is 0. The fourth-order valence-corrected chi connectivity index (χ4v) is 5.60. The van der Waals surface area contributed by atoms with E-state index in [4.69, 9.17) is 11.4 Å². The monoisotopic (exact) mass is 424 g/mol. The lowest BCUT2D eigenvalue weighted by Gasteiger charge is -2.33. The van der Waals surface area contributed by atoms with Gasteiger partial charge in [-0.3, -0.25) is 0 Å². The van der Waals surface area contributed by atoms with E-state index in [1.165, 1.54) is 33.4 Å². The van der Waals surface area contributed by atoms with E-state index in [2.05, 4.69) is 79.7 Å². The van der Waals surface area contributed by atoms with Crippen LogP contribution in [0.3, 0.4) is 0 Å². The molecule has 0 spiro atoms. The summed E-state index contributed by atoms with van der Waals surface area (Å²) >= 11 is -2.46. The van der Waals surface area contributed by atoms with Crippen molar-refractivity contribution in [3.63, 3.8) is 0 Å². The predicted octanol–water partition coefficient (Wildman–Crippen LogP) is 6.67. The van der Waals surface area contributed by atoms with Crippen LogP contribution in [0, 0.1) is 13.8 Å². The van der Waals surface area contributed by atoms with Gasteiger partial charge < -0.3 is 11.4 Å². The van der Waals surface area contributed by atoms with Gasteiger partial charge in [-0.25, -0.2) is 0 Å². The molecule has 0 unspecified atom stereocenters. The number of hydrogen-bond acceptors (Lipinski definition) is 3. The van der Waals surface area contributed by atoms with Gasteiger partial charge in [-0.2, -0.15) is 0 Å². The highest BCUT2D eigenvalue weighted by Crippen LogP contribution is 2.42. The van der Waals surface area contributed by atoms with Crippen LogP contribution < -0.4 is 7.58 Å². The molecule has 1 aliphatic rings. The molecule has 0 saturated heterocycles. The summed E-state index contributed by atoms with van der Waals surface area (Å²) in [6.07, 6.45) is 0.836. The first-order valence-corrected chi connectivity index (χ1v) is 12.4. The summed E-state index contributed by atoms with van der Waals surface area (Å²) in [6.45, 7) is 21.8. The number of hydrogen-bond donors (Lipinski definition) is 0. The van der Waals surface area contributed by atoms with Crippen LogP contribution in [0.4, 0.5) is 0 Å². The molecule has 0 aromatic heterocycles. The van der Waals surface area contributed by atoms with Crippen LogP contribution in [0.15, 0.2) is 24.3 Å². The Hall–Kier alpha value is -1.47. The molecule has 2 aromatic carbocycles. The quantitative estimate of drug-likeness (QED) is 0.504. The molecule has 0 fully saturated rings. The Morgan fingerprint density at radius 3 is 1.50 bits per heavy atom. The van der Waals surface area contributed by atoms with Crippen LogP contribution in [0.25, 0.3) is 0 Å². The summed E-state index contributed by atoms with van der Waals surface area (Å²) in [7, 11) is 0. The van der Waals surface area contributed by atoms with E-state index in [9.17, 15) is 0 Å². The van der Waals surface area contributed by atoms with Crippen molar-refractivity contribution in [2.45, 2.75) is 92.6 Å². The molecule has 3 nitrogen and oxygen atoms in total. The Morgan fingerprint density at radius 2 is 1.17 bits per heavy atom. The highest BCUT2D eigenvalue weighted by molar-refractivity contribution is 6.38. The van der Waals surface area contributed by atoms with E-state index in [1.54, 1.807) is 0 Å². The summed E-state index contributed by atoms with van der Waals surface area (Å²) in [4.78, 5) is 0. The molecule has 4 heteroatoms.